The molecule has 24 heavy (non-hydrogen) atoms. The number of hydrogen-bond acceptors (Lipinski definition) is 0. The largest absolute Gasteiger partial charge is 0.134 e. The molecule has 0 aromatic heterocycles. The van der Waals surface area contributed by atoms with Gasteiger partial charge in [-0.1, -0.05) is 202 Å². The summed E-state index contributed by atoms with van der Waals surface area (Å²) in [5.74, 6) is 0. The van der Waals surface area contributed by atoms with Gasteiger partial charge in [0.25, 0.3) is 0 Å². The third-order valence-electron chi connectivity index (χ3n) is 3.69. The molecule has 134 valence electrons. The first-order valence-electron chi connectivity index (χ1n) is 6.32. The lowest BCUT2D eigenvalue weighted by molar-refractivity contribution is 0.473. The SMILES string of the molecule is BrC1C(Br)(Br)C(Br)(Br)C(Br)(Br)C(Br)(Br)C1(Br)C=Cc1ccccc1. The van der Waals surface area contributed by atoms with Crippen LogP contribution in [0.25, 0.3) is 6.08 Å². The number of benzene rings is 1. The highest BCUT2D eigenvalue weighted by Gasteiger charge is 2.78. The van der Waals surface area contributed by atoms with Crippen molar-refractivity contribution >= 4 is 165 Å². The first-order valence-corrected chi connectivity index (χ1v) is 14.4. The van der Waals surface area contributed by atoms with E-state index in [1.54, 1.807) is 0 Å². The summed E-state index contributed by atoms with van der Waals surface area (Å²) in [5, 5.41) is 0. The topological polar surface area (TPSA) is 0 Å². The Morgan fingerprint density at radius 3 is 1.71 bits per heavy atom. The molecule has 2 unspecified atom stereocenters. The van der Waals surface area contributed by atoms with Crippen LogP contribution in [0.1, 0.15) is 5.56 Å². The van der Waals surface area contributed by atoms with Crippen molar-refractivity contribution in [3.8, 4) is 0 Å². The third kappa shape index (κ3) is 3.65. The van der Waals surface area contributed by atoms with E-state index in [0.717, 1.165) is 5.56 Å². The molecule has 0 aliphatic heterocycles. The molecule has 1 fully saturated rings. The molecule has 0 radical (unpaired) electrons. The summed E-state index contributed by atoms with van der Waals surface area (Å²) in [6.07, 6.45) is 4.21. The summed E-state index contributed by atoms with van der Waals surface area (Å²) in [6, 6.07) is 10.2. The smallest absolute Gasteiger partial charge is 0.0845 e. The van der Waals surface area contributed by atoms with Gasteiger partial charge in [-0.3, -0.25) is 0 Å². The maximum absolute atomic E-state index is 3.95. The van der Waals surface area contributed by atoms with Crippen molar-refractivity contribution in [3.63, 3.8) is 0 Å². The second-order valence-electron chi connectivity index (χ2n) is 5.22. The lowest BCUT2D eigenvalue weighted by Crippen LogP contribution is -2.74. The molecule has 0 amide bonds. The normalized spacial score (nSPS) is 33.5. The summed E-state index contributed by atoms with van der Waals surface area (Å²) in [4.78, 5) is -0.0989. The monoisotopic (exact) mass is 965 g/mol. The van der Waals surface area contributed by atoms with Crippen LogP contribution >= 0.6 is 159 Å². The molecule has 1 aliphatic rings. The van der Waals surface area contributed by atoms with E-state index in [1.807, 2.05) is 18.2 Å². The van der Waals surface area contributed by atoms with Gasteiger partial charge < -0.3 is 0 Å². The van der Waals surface area contributed by atoms with Gasteiger partial charge in [-0.05, 0) is 5.56 Å². The summed E-state index contributed by atoms with van der Waals surface area (Å²) < 4.78 is -3.06. The van der Waals surface area contributed by atoms with Gasteiger partial charge in [0.1, 0.15) is 12.9 Å². The van der Waals surface area contributed by atoms with Gasteiger partial charge >= 0.3 is 0 Å². The quantitative estimate of drug-likeness (QED) is 0.260. The summed E-state index contributed by atoms with van der Waals surface area (Å²) >= 11 is 38.4. The van der Waals surface area contributed by atoms with Gasteiger partial charge in [0, 0.05) is 0 Å². The Hall–Kier alpha value is 3.76. The van der Waals surface area contributed by atoms with E-state index < -0.39 is 17.3 Å². The number of alkyl halides is 10. The second-order valence-corrected chi connectivity index (χ2v) is 21.3. The van der Waals surface area contributed by atoms with Crippen LogP contribution in [0.2, 0.25) is 0 Å². The van der Waals surface area contributed by atoms with Crippen LogP contribution in [0.4, 0.5) is 0 Å². The van der Waals surface area contributed by atoms with Gasteiger partial charge in [-0.2, -0.15) is 0 Å². The van der Waals surface area contributed by atoms with E-state index in [0.29, 0.717) is 0 Å². The van der Waals surface area contributed by atoms with Crippen molar-refractivity contribution in [1.29, 1.82) is 0 Å². The Balaban J connectivity index is 2.61. The van der Waals surface area contributed by atoms with Crippen LogP contribution in [0, 0.1) is 0 Å². The average molecular weight is 975 g/mol. The fraction of sp³-hybridized carbons (Fsp3) is 0.429. The van der Waals surface area contributed by atoms with Gasteiger partial charge in [0.2, 0.25) is 0 Å². The molecule has 0 bridgehead atoms. The van der Waals surface area contributed by atoms with Gasteiger partial charge in [-0.15, -0.1) is 0 Å². The molecule has 1 aromatic carbocycles. The van der Waals surface area contributed by atoms with E-state index in [2.05, 4.69) is 184 Å². The fourth-order valence-electron chi connectivity index (χ4n) is 2.20. The van der Waals surface area contributed by atoms with Crippen molar-refractivity contribution < 1.29 is 0 Å². The summed E-state index contributed by atoms with van der Waals surface area (Å²) in [6.45, 7) is 0. The van der Waals surface area contributed by atoms with Gasteiger partial charge in [-0.25, -0.2) is 0 Å². The fourth-order valence-corrected chi connectivity index (χ4v) is 13.3. The average Bonchev–Trinajstić information content (AvgIpc) is 2.51. The minimum absolute atomic E-state index is 0.0989. The maximum Gasteiger partial charge on any atom is 0.134 e. The molecule has 1 aromatic rings. The Morgan fingerprint density at radius 2 is 1.21 bits per heavy atom. The van der Waals surface area contributed by atoms with Crippen molar-refractivity contribution in [2.45, 2.75) is 22.1 Å². The standard InChI is InChI=1S/C14H8Br10/c15-9-10(16,7-6-8-4-2-1-3-5-8)12(19,20)14(23,24)13(21,22)11(9,17)18/h1-7,9H. The molecular formula is C14H8Br10. The Labute approximate surface area is 225 Å². The van der Waals surface area contributed by atoms with Crippen LogP contribution in [-0.2, 0) is 0 Å². The highest BCUT2D eigenvalue weighted by atomic mass is 79.9. The molecule has 0 saturated heterocycles. The zero-order valence-electron chi connectivity index (χ0n) is 11.4. The number of hydrogen-bond donors (Lipinski definition) is 0. The van der Waals surface area contributed by atoms with E-state index in [-0.39, 0.29) is 4.83 Å². The third-order valence-corrected chi connectivity index (χ3v) is 25.1. The zero-order chi connectivity index (χ0) is 18.6. The van der Waals surface area contributed by atoms with E-state index in [9.17, 15) is 0 Å². The van der Waals surface area contributed by atoms with Gasteiger partial charge in [0.15, 0.2) is 0 Å². The molecule has 1 saturated carbocycles. The molecule has 0 nitrogen and oxygen atoms in total. The molecule has 0 heterocycles. The van der Waals surface area contributed by atoms with Crippen LogP contribution in [0.3, 0.4) is 0 Å². The lowest BCUT2D eigenvalue weighted by atomic mass is 9.87. The maximum atomic E-state index is 3.95. The predicted molar refractivity (Wildman–Crippen MR) is 142 cm³/mol. The Morgan fingerprint density at radius 1 is 0.708 bits per heavy atom. The number of allylic oxidation sites excluding steroid dienone is 1. The van der Waals surface area contributed by atoms with Crippen molar-refractivity contribution in [3.05, 3.63) is 42.0 Å². The predicted octanol–water partition coefficient (Wildman–Crippen LogP) is 9.55. The molecule has 2 atom stereocenters. The van der Waals surface area contributed by atoms with Crippen LogP contribution in [0.5, 0.6) is 0 Å². The summed E-state index contributed by atoms with van der Waals surface area (Å²) in [7, 11) is 0. The highest BCUT2D eigenvalue weighted by molar-refractivity contribution is 9.35. The van der Waals surface area contributed by atoms with Gasteiger partial charge in [0.05, 0.1) is 9.15 Å². The second kappa shape index (κ2) is 8.12. The van der Waals surface area contributed by atoms with E-state index in [4.69, 9.17) is 0 Å². The van der Waals surface area contributed by atoms with E-state index >= 15 is 0 Å². The van der Waals surface area contributed by atoms with Crippen molar-refractivity contribution in [2.75, 3.05) is 0 Å². The van der Waals surface area contributed by atoms with Crippen molar-refractivity contribution in [2.24, 2.45) is 0 Å². The molecule has 1 aliphatic carbocycles. The van der Waals surface area contributed by atoms with Crippen LogP contribution in [-0.4, -0.2) is 22.1 Å². The van der Waals surface area contributed by atoms with Crippen LogP contribution in [0.15, 0.2) is 36.4 Å². The minimum Gasteiger partial charge on any atom is -0.0845 e. The molecule has 0 spiro atoms. The molecule has 2 rings (SSSR count). The Kier molecular flexibility index (Phi) is 8.13. The molecular weight excluding hydrogens is 967 g/mol. The van der Waals surface area contributed by atoms with Crippen molar-refractivity contribution in [1.82, 2.24) is 0 Å². The number of halogens is 10. The number of rotatable bonds is 2. The minimum atomic E-state index is -0.665. The highest BCUT2D eigenvalue weighted by Crippen LogP contribution is 2.77. The van der Waals surface area contributed by atoms with Crippen LogP contribution < -0.4 is 0 Å². The Bertz CT molecular complexity index is 636. The first-order chi connectivity index (χ1) is 10.7. The summed E-state index contributed by atoms with van der Waals surface area (Å²) in [5.41, 5.74) is 1.12. The van der Waals surface area contributed by atoms with E-state index in [1.165, 1.54) is 0 Å². The first kappa shape index (κ1) is 24.0. The lowest BCUT2D eigenvalue weighted by Gasteiger charge is -2.62. The molecule has 0 N–H and O–H groups in total. The molecule has 10 heteroatoms. The zero-order valence-corrected chi connectivity index (χ0v) is 27.3.